The average Bonchev–Trinajstić information content (AvgIpc) is 3.40. The van der Waals surface area contributed by atoms with Crippen molar-refractivity contribution in [3.8, 4) is 0 Å². The standard InChI is InChI=1S/C68H128O6/c1-4-7-10-13-16-19-21-23-25-26-27-28-29-30-31-32-33-34-35-36-37-38-39-40-41-42-44-45-47-49-52-55-58-61-67(70)73-64-65(63-72-66(69)60-57-54-51-18-15-12-9-6-3)74-68(71)62-59-56-53-50-48-46-43-24-22-20-17-14-11-8-5-2/h24,26-27,43,65H,4-23,25,28-42,44-64H2,1-3H3/b27-26-,43-24-. The summed E-state index contributed by atoms with van der Waals surface area (Å²) in [4.78, 5) is 38.1. The number of rotatable bonds is 62. The van der Waals surface area contributed by atoms with Gasteiger partial charge in [0, 0.05) is 19.3 Å². The minimum atomic E-state index is -0.770. The Labute approximate surface area is 462 Å². The van der Waals surface area contributed by atoms with Gasteiger partial charge in [-0.15, -0.1) is 0 Å². The Kier molecular flexibility index (Phi) is 61.6. The Bertz CT molecular complexity index is 1190. The van der Waals surface area contributed by atoms with Crippen LogP contribution in [0.4, 0.5) is 0 Å². The van der Waals surface area contributed by atoms with E-state index in [0.29, 0.717) is 19.3 Å². The fourth-order valence-electron chi connectivity index (χ4n) is 10.1. The van der Waals surface area contributed by atoms with Gasteiger partial charge in [-0.1, -0.05) is 308 Å². The van der Waals surface area contributed by atoms with Crippen molar-refractivity contribution in [2.75, 3.05) is 13.2 Å². The first-order chi connectivity index (χ1) is 36.5. The van der Waals surface area contributed by atoms with E-state index < -0.39 is 6.10 Å². The maximum atomic E-state index is 12.8. The molecule has 0 amide bonds. The third-order valence-electron chi connectivity index (χ3n) is 15.2. The molecule has 0 aromatic carbocycles. The van der Waals surface area contributed by atoms with E-state index in [2.05, 4.69) is 45.1 Å². The van der Waals surface area contributed by atoms with Crippen LogP contribution in [0.25, 0.3) is 0 Å². The van der Waals surface area contributed by atoms with Crippen molar-refractivity contribution in [2.24, 2.45) is 0 Å². The topological polar surface area (TPSA) is 78.9 Å². The largest absolute Gasteiger partial charge is 0.462 e. The second kappa shape index (κ2) is 63.4. The Morgan fingerprint density at radius 1 is 0.257 bits per heavy atom. The lowest BCUT2D eigenvalue weighted by atomic mass is 10.0. The molecule has 0 N–H and O–H groups in total. The molecule has 6 nitrogen and oxygen atoms in total. The number of carbonyl (C=O) groups is 3. The molecule has 6 heteroatoms. The fourth-order valence-corrected chi connectivity index (χ4v) is 10.1. The smallest absolute Gasteiger partial charge is 0.306 e. The summed E-state index contributed by atoms with van der Waals surface area (Å²) >= 11 is 0. The minimum Gasteiger partial charge on any atom is -0.462 e. The third-order valence-corrected chi connectivity index (χ3v) is 15.2. The molecule has 0 aliphatic heterocycles. The van der Waals surface area contributed by atoms with Crippen LogP contribution in [0.5, 0.6) is 0 Å². The molecular weight excluding hydrogens is 913 g/mol. The van der Waals surface area contributed by atoms with E-state index in [4.69, 9.17) is 14.2 Å². The highest BCUT2D eigenvalue weighted by Crippen LogP contribution is 2.18. The average molecular weight is 1040 g/mol. The van der Waals surface area contributed by atoms with Gasteiger partial charge in [0.25, 0.3) is 0 Å². The Balaban J connectivity index is 3.96. The van der Waals surface area contributed by atoms with Crippen molar-refractivity contribution in [2.45, 2.75) is 380 Å². The lowest BCUT2D eigenvalue weighted by molar-refractivity contribution is -0.167. The molecule has 0 rings (SSSR count). The Morgan fingerprint density at radius 3 is 0.676 bits per heavy atom. The number of hydrogen-bond acceptors (Lipinski definition) is 6. The summed E-state index contributed by atoms with van der Waals surface area (Å²) in [6.07, 6.45) is 76.6. The molecule has 0 bridgehead atoms. The predicted molar refractivity (Wildman–Crippen MR) is 321 cm³/mol. The van der Waals surface area contributed by atoms with E-state index in [1.807, 2.05) is 0 Å². The lowest BCUT2D eigenvalue weighted by Gasteiger charge is -2.18. The SMILES string of the molecule is CCCCCCCC/C=C\CCCCCCCC(=O)OC(COC(=O)CCCCCCCCCC)COC(=O)CCCCCCCCCCCCCCCCCCCCCCC/C=C\CCCCCCCCCC. The number of ether oxygens (including phenoxy) is 3. The summed E-state index contributed by atoms with van der Waals surface area (Å²) in [5, 5.41) is 0. The van der Waals surface area contributed by atoms with Crippen molar-refractivity contribution in [3.05, 3.63) is 24.3 Å². The maximum Gasteiger partial charge on any atom is 0.306 e. The molecule has 0 saturated carbocycles. The van der Waals surface area contributed by atoms with Crippen LogP contribution in [0.3, 0.4) is 0 Å². The summed E-state index contributed by atoms with van der Waals surface area (Å²) < 4.78 is 16.8. The number of allylic oxidation sites excluding steroid dienone is 4. The van der Waals surface area contributed by atoms with Crippen LogP contribution < -0.4 is 0 Å². The molecule has 1 unspecified atom stereocenters. The number of carbonyl (C=O) groups excluding carboxylic acids is 3. The monoisotopic (exact) mass is 1040 g/mol. The first-order valence-corrected chi connectivity index (χ1v) is 33.3. The molecule has 74 heavy (non-hydrogen) atoms. The van der Waals surface area contributed by atoms with Gasteiger partial charge in [0.2, 0.25) is 0 Å². The van der Waals surface area contributed by atoms with Crippen LogP contribution in [0.2, 0.25) is 0 Å². The van der Waals surface area contributed by atoms with Gasteiger partial charge >= 0.3 is 17.9 Å². The van der Waals surface area contributed by atoms with Crippen LogP contribution in [0.1, 0.15) is 374 Å². The number of esters is 3. The fraction of sp³-hybridized carbons (Fsp3) is 0.897. The normalized spacial score (nSPS) is 12.1. The second-order valence-corrected chi connectivity index (χ2v) is 22.7. The molecule has 436 valence electrons. The third kappa shape index (κ3) is 60.8. The number of unbranched alkanes of at least 4 members (excludes halogenated alkanes) is 47. The van der Waals surface area contributed by atoms with Crippen molar-refractivity contribution < 1.29 is 28.6 Å². The molecule has 0 radical (unpaired) electrons. The van der Waals surface area contributed by atoms with Crippen molar-refractivity contribution in [3.63, 3.8) is 0 Å². The van der Waals surface area contributed by atoms with Gasteiger partial charge in [-0.05, 0) is 70.6 Å². The van der Waals surface area contributed by atoms with E-state index in [-0.39, 0.29) is 31.1 Å². The van der Waals surface area contributed by atoms with E-state index in [1.165, 1.54) is 270 Å². The minimum absolute atomic E-state index is 0.0691. The van der Waals surface area contributed by atoms with E-state index in [0.717, 1.165) is 64.2 Å². The zero-order valence-electron chi connectivity index (χ0n) is 50.1. The van der Waals surface area contributed by atoms with Gasteiger partial charge in [-0.25, -0.2) is 0 Å². The first-order valence-electron chi connectivity index (χ1n) is 33.3. The summed E-state index contributed by atoms with van der Waals surface area (Å²) in [6, 6.07) is 0. The van der Waals surface area contributed by atoms with Crippen LogP contribution in [0.15, 0.2) is 24.3 Å². The van der Waals surface area contributed by atoms with Gasteiger partial charge < -0.3 is 14.2 Å². The highest BCUT2D eigenvalue weighted by Gasteiger charge is 2.19. The van der Waals surface area contributed by atoms with Gasteiger partial charge in [0.05, 0.1) is 0 Å². The van der Waals surface area contributed by atoms with Crippen LogP contribution in [0, 0.1) is 0 Å². The van der Waals surface area contributed by atoms with Crippen LogP contribution in [-0.4, -0.2) is 37.2 Å². The zero-order chi connectivity index (χ0) is 53.6. The molecular formula is C68H128O6. The van der Waals surface area contributed by atoms with Crippen LogP contribution >= 0.6 is 0 Å². The summed E-state index contributed by atoms with van der Waals surface area (Å²) in [6.45, 7) is 6.65. The molecule has 0 aromatic heterocycles. The summed E-state index contributed by atoms with van der Waals surface area (Å²) in [5.41, 5.74) is 0. The first kappa shape index (κ1) is 71.9. The van der Waals surface area contributed by atoms with E-state index in [1.54, 1.807) is 0 Å². The predicted octanol–water partition coefficient (Wildman–Crippen LogP) is 22.6. The van der Waals surface area contributed by atoms with Gasteiger partial charge in [0.15, 0.2) is 6.10 Å². The Hall–Kier alpha value is -2.11. The van der Waals surface area contributed by atoms with E-state index >= 15 is 0 Å². The molecule has 1 atom stereocenters. The number of hydrogen-bond donors (Lipinski definition) is 0. The van der Waals surface area contributed by atoms with Gasteiger partial charge in [-0.2, -0.15) is 0 Å². The second-order valence-electron chi connectivity index (χ2n) is 22.7. The molecule has 0 aliphatic carbocycles. The zero-order valence-corrected chi connectivity index (χ0v) is 50.1. The Morgan fingerprint density at radius 2 is 0.446 bits per heavy atom. The quantitative estimate of drug-likeness (QED) is 0.0261. The van der Waals surface area contributed by atoms with Gasteiger partial charge in [-0.3, -0.25) is 14.4 Å². The van der Waals surface area contributed by atoms with E-state index in [9.17, 15) is 14.4 Å². The highest BCUT2D eigenvalue weighted by atomic mass is 16.6. The molecule has 0 saturated heterocycles. The molecule has 0 aliphatic rings. The van der Waals surface area contributed by atoms with Crippen molar-refractivity contribution in [1.82, 2.24) is 0 Å². The summed E-state index contributed by atoms with van der Waals surface area (Å²) in [7, 11) is 0. The van der Waals surface area contributed by atoms with Gasteiger partial charge in [0.1, 0.15) is 13.2 Å². The summed E-state index contributed by atoms with van der Waals surface area (Å²) in [5.74, 6) is -0.859. The van der Waals surface area contributed by atoms with Crippen molar-refractivity contribution in [1.29, 1.82) is 0 Å². The lowest BCUT2D eigenvalue weighted by Crippen LogP contribution is -2.30. The molecule has 0 fully saturated rings. The maximum absolute atomic E-state index is 12.8. The molecule has 0 spiro atoms. The van der Waals surface area contributed by atoms with Crippen LogP contribution in [-0.2, 0) is 28.6 Å². The molecule has 0 heterocycles. The highest BCUT2D eigenvalue weighted by molar-refractivity contribution is 5.71. The van der Waals surface area contributed by atoms with Crippen molar-refractivity contribution >= 4 is 17.9 Å². The molecule has 0 aromatic rings.